The fourth-order valence-corrected chi connectivity index (χ4v) is 2.16. The van der Waals surface area contributed by atoms with Gasteiger partial charge in [-0.05, 0) is 25.0 Å². The van der Waals surface area contributed by atoms with Crippen LogP contribution >= 0.6 is 0 Å². The molecular formula is C14H20N2O5. The van der Waals surface area contributed by atoms with Crippen molar-refractivity contribution in [3.63, 3.8) is 0 Å². The van der Waals surface area contributed by atoms with Crippen LogP contribution in [0.1, 0.15) is 26.7 Å². The van der Waals surface area contributed by atoms with Gasteiger partial charge >= 0.3 is 11.7 Å². The van der Waals surface area contributed by atoms with Crippen LogP contribution in [0.2, 0.25) is 0 Å². The summed E-state index contributed by atoms with van der Waals surface area (Å²) in [4.78, 5) is 22.1. The second kappa shape index (κ2) is 6.92. The Morgan fingerprint density at radius 3 is 2.48 bits per heavy atom. The third kappa shape index (κ3) is 3.42. The summed E-state index contributed by atoms with van der Waals surface area (Å²) in [7, 11) is 1.35. The van der Waals surface area contributed by atoms with Crippen molar-refractivity contribution in [3.05, 3.63) is 28.3 Å². The van der Waals surface area contributed by atoms with E-state index in [0.717, 1.165) is 0 Å². The minimum atomic E-state index is -0.947. The van der Waals surface area contributed by atoms with E-state index in [2.05, 4.69) is 5.32 Å². The molecule has 7 heteroatoms. The zero-order chi connectivity index (χ0) is 16.0. The van der Waals surface area contributed by atoms with Gasteiger partial charge in [-0.3, -0.25) is 14.9 Å². The zero-order valence-electron chi connectivity index (χ0n) is 12.4. The Labute approximate surface area is 123 Å². The number of para-hydroxylation sites is 1. The number of nitro groups is 1. The SMILES string of the molecule is CCC(CC)(CNc1cccc(OC)c1[N+](=O)[O-])C(=O)O. The van der Waals surface area contributed by atoms with Gasteiger partial charge in [-0.25, -0.2) is 0 Å². The molecule has 0 spiro atoms. The van der Waals surface area contributed by atoms with Gasteiger partial charge in [0.1, 0.15) is 5.69 Å². The number of hydrogen-bond donors (Lipinski definition) is 2. The summed E-state index contributed by atoms with van der Waals surface area (Å²) in [6.45, 7) is 3.70. The lowest BCUT2D eigenvalue weighted by Gasteiger charge is -2.27. The molecule has 0 aliphatic heterocycles. The number of aliphatic carboxylic acids is 1. The number of carbonyl (C=O) groups is 1. The van der Waals surface area contributed by atoms with E-state index in [4.69, 9.17) is 4.74 Å². The predicted octanol–water partition coefficient (Wildman–Crippen LogP) is 2.91. The van der Waals surface area contributed by atoms with E-state index in [1.807, 2.05) is 0 Å². The smallest absolute Gasteiger partial charge is 0.333 e. The highest BCUT2D eigenvalue weighted by Crippen LogP contribution is 2.36. The Hall–Kier alpha value is -2.31. The number of carboxylic acids is 1. The van der Waals surface area contributed by atoms with Crippen LogP contribution in [0.4, 0.5) is 11.4 Å². The molecule has 0 saturated carbocycles. The summed E-state index contributed by atoms with van der Waals surface area (Å²) in [5, 5.41) is 23.4. The molecule has 1 aromatic carbocycles. The molecule has 1 aromatic rings. The van der Waals surface area contributed by atoms with Crippen LogP contribution in [0.5, 0.6) is 5.75 Å². The van der Waals surface area contributed by atoms with E-state index in [-0.39, 0.29) is 23.7 Å². The maximum Gasteiger partial charge on any atom is 0.333 e. The number of carboxylic acid groups (broad SMARTS) is 1. The first-order valence-corrected chi connectivity index (χ1v) is 6.70. The summed E-state index contributed by atoms with van der Waals surface area (Å²) < 4.78 is 4.98. The molecule has 0 heterocycles. The molecule has 0 radical (unpaired) electrons. The highest BCUT2D eigenvalue weighted by atomic mass is 16.6. The van der Waals surface area contributed by atoms with Gasteiger partial charge in [0.05, 0.1) is 17.4 Å². The molecule has 0 aliphatic carbocycles. The first-order chi connectivity index (χ1) is 9.91. The van der Waals surface area contributed by atoms with E-state index < -0.39 is 16.3 Å². The van der Waals surface area contributed by atoms with Crippen LogP contribution in [-0.2, 0) is 4.79 Å². The molecule has 0 saturated heterocycles. The fourth-order valence-electron chi connectivity index (χ4n) is 2.16. The molecule has 0 atom stereocenters. The molecule has 0 aromatic heterocycles. The Morgan fingerprint density at radius 2 is 2.05 bits per heavy atom. The maximum absolute atomic E-state index is 11.4. The molecule has 7 nitrogen and oxygen atoms in total. The molecule has 21 heavy (non-hydrogen) atoms. The van der Waals surface area contributed by atoms with Crippen LogP contribution in [0, 0.1) is 15.5 Å². The Bertz CT molecular complexity index is 526. The lowest BCUT2D eigenvalue weighted by Crippen LogP contribution is -2.37. The lowest BCUT2D eigenvalue weighted by atomic mass is 9.82. The average molecular weight is 296 g/mol. The number of ether oxygens (including phenoxy) is 1. The number of hydrogen-bond acceptors (Lipinski definition) is 5. The number of methoxy groups -OCH3 is 1. The summed E-state index contributed by atoms with van der Waals surface area (Å²) in [5.74, 6) is -0.774. The van der Waals surface area contributed by atoms with Crippen molar-refractivity contribution in [2.24, 2.45) is 5.41 Å². The van der Waals surface area contributed by atoms with Crippen LogP contribution in [0.15, 0.2) is 18.2 Å². The molecule has 116 valence electrons. The second-order valence-electron chi connectivity index (χ2n) is 4.76. The third-order valence-corrected chi connectivity index (χ3v) is 3.83. The standard InChI is InChI=1S/C14H20N2O5/c1-4-14(5-2,13(17)18)9-15-10-7-6-8-11(21-3)12(10)16(19)20/h6-8,15H,4-5,9H2,1-3H3,(H,17,18). The lowest BCUT2D eigenvalue weighted by molar-refractivity contribution is -0.384. The molecule has 0 unspecified atom stereocenters. The summed E-state index contributed by atoms with van der Waals surface area (Å²) >= 11 is 0. The van der Waals surface area contributed by atoms with E-state index >= 15 is 0 Å². The summed E-state index contributed by atoms with van der Waals surface area (Å²) in [5.41, 5.74) is -0.880. The third-order valence-electron chi connectivity index (χ3n) is 3.83. The first-order valence-electron chi connectivity index (χ1n) is 6.70. The number of benzene rings is 1. The number of nitrogens with one attached hydrogen (secondary N) is 1. The van der Waals surface area contributed by atoms with Crippen LogP contribution in [0.3, 0.4) is 0 Å². The highest BCUT2D eigenvalue weighted by Gasteiger charge is 2.35. The number of nitrogens with zero attached hydrogens (tertiary/aromatic N) is 1. The molecule has 0 amide bonds. The summed E-state index contributed by atoms with van der Waals surface area (Å²) in [6.07, 6.45) is 0.868. The molecule has 0 fully saturated rings. The number of rotatable bonds is 8. The van der Waals surface area contributed by atoms with E-state index in [1.165, 1.54) is 13.2 Å². The van der Waals surface area contributed by atoms with Crippen molar-refractivity contribution in [1.29, 1.82) is 0 Å². The van der Waals surface area contributed by atoms with Crippen molar-refractivity contribution >= 4 is 17.3 Å². The molecule has 0 bridgehead atoms. The van der Waals surface area contributed by atoms with Gasteiger partial charge < -0.3 is 15.2 Å². The maximum atomic E-state index is 11.4. The molecule has 0 aliphatic rings. The molecule has 2 N–H and O–H groups in total. The van der Waals surface area contributed by atoms with Gasteiger partial charge in [-0.1, -0.05) is 19.9 Å². The van der Waals surface area contributed by atoms with Gasteiger partial charge in [-0.15, -0.1) is 0 Å². The van der Waals surface area contributed by atoms with Crippen LogP contribution in [0.25, 0.3) is 0 Å². The van der Waals surface area contributed by atoms with Gasteiger partial charge in [0.25, 0.3) is 0 Å². The fraction of sp³-hybridized carbons (Fsp3) is 0.500. The van der Waals surface area contributed by atoms with Crippen molar-refractivity contribution in [3.8, 4) is 5.75 Å². The second-order valence-corrected chi connectivity index (χ2v) is 4.76. The topological polar surface area (TPSA) is 102 Å². The predicted molar refractivity (Wildman–Crippen MR) is 78.8 cm³/mol. The number of anilines is 1. The Balaban J connectivity index is 3.09. The summed E-state index contributed by atoms with van der Waals surface area (Å²) in [6, 6.07) is 4.65. The highest BCUT2D eigenvalue weighted by molar-refractivity contribution is 5.76. The van der Waals surface area contributed by atoms with Crippen LogP contribution < -0.4 is 10.1 Å². The van der Waals surface area contributed by atoms with Gasteiger partial charge in [0, 0.05) is 6.54 Å². The average Bonchev–Trinajstić information content (AvgIpc) is 2.47. The quantitative estimate of drug-likeness (QED) is 0.565. The van der Waals surface area contributed by atoms with E-state index in [1.54, 1.807) is 26.0 Å². The first kappa shape index (κ1) is 16.7. The Morgan fingerprint density at radius 1 is 1.43 bits per heavy atom. The van der Waals surface area contributed by atoms with Crippen molar-refractivity contribution in [1.82, 2.24) is 0 Å². The van der Waals surface area contributed by atoms with E-state index in [0.29, 0.717) is 12.8 Å². The number of nitro benzene ring substituents is 1. The minimum Gasteiger partial charge on any atom is -0.490 e. The van der Waals surface area contributed by atoms with Crippen molar-refractivity contribution in [2.75, 3.05) is 19.0 Å². The van der Waals surface area contributed by atoms with Crippen molar-refractivity contribution in [2.45, 2.75) is 26.7 Å². The largest absolute Gasteiger partial charge is 0.490 e. The molecular weight excluding hydrogens is 276 g/mol. The monoisotopic (exact) mass is 296 g/mol. The molecule has 1 rings (SSSR count). The van der Waals surface area contributed by atoms with Gasteiger partial charge in [0.2, 0.25) is 0 Å². The van der Waals surface area contributed by atoms with Gasteiger partial charge in [-0.2, -0.15) is 0 Å². The van der Waals surface area contributed by atoms with E-state index in [9.17, 15) is 20.0 Å². The zero-order valence-corrected chi connectivity index (χ0v) is 12.4. The van der Waals surface area contributed by atoms with Crippen molar-refractivity contribution < 1.29 is 19.6 Å². The van der Waals surface area contributed by atoms with Crippen LogP contribution in [-0.4, -0.2) is 29.7 Å². The Kier molecular flexibility index (Phi) is 5.52. The minimum absolute atomic E-state index is 0.114. The normalized spacial score (nSPS) is 11.0. The van der Waals surface area contributed by atoms with Gasteiger partial charge in [0.15, 0.2) is 5.75 Å².